The van der Waals surface area contributed by atoms with E-state index in [1.165, 1.54) is 0 Å². The van der Waals surface area contributed by atoms with Gasteiger partial charge in [0.2, 0.25) is 0 Å². The summed E-state index contributed by atoms with van der Waals surface area (Å²) in [6.07, 6.45) is 4.59. The lowest BCUT2D eigenvalue weighted by Crippen LogP contribution is -2.15. The van der Waals surface area contributed by atoms with Gasteiger partial charge in [-0.2, -0.15) is 0 Å². The lowest BCUT2D eigenvalue weighted by molar-refractivity contribution is 0.281. The Hall–Kier alpha value is -3.32. The van der Waals surface area contributed by atoms with E-state index >= 15 is 0 Å². The van der Waals surface area contributed by atoms with E-state index in [1.54, 1.807) is 12.4 Å². The van der Waals surface area contributed by atoms with Gasteiger partial charge in [0, 0.05) is 24.3 Å². The van der Waals surface area contributed by atoms with Crippen molar-refractivity contribution in [3.8, 4) is 17.2 Å². The maximum atomic E-state index is 9.52. The van der Waals surface area contributed by atoms with Gasteiger partial charge in [0.1, 0.15) is 22.4 Å². The zero-order valence-electron chi connectivity index (χ0n) is 15.9. The van der Waals surface area contributed by atoms with Gasteiger partial charge in [-0.1, -0.05) is 5.16 Å². The molecular formula is C21H22N4O3. The number of ether oxygens (including phenoxy) is 1. The van der Waals surface area contributed by atoms with Crippen LogP contribution in [0.3, 0.4) is 0 Å². The Labute approximate surface area is 162 Å². The number of hydrogen-bond donors (Lipinski definition) is 1. The molecule has 3 heterocycles. The maximum absolute atomic E-state index is 9.52. The summed E-state index contributed by atoms with van der Waals surface area (Å²) < 4.78 is 13.8. The van der Waals surface area contributed by atoms with Gasteiger partial charge in [0.25, 0.3) is 0 Å². The van der Waals surface area contributed by atoms with Gasteiger partial charge in [0.15, 0.2) is 5.76 Å². The minimum absolute atomic E-state index is 0.409. The summed E-state index contributed by atoms with van der Waals surface area (Å²) >= 11 is 0. The van der Waals surface area contributed by atoms with Gasteiger partial charge in [-0.05, 0) is 56.9 Å². The van der Waals surface area contributed by atoms with Crippen molar-refractivity contribution in [2.45, 2.75) is 6.42 Å². The van der Waals surface area contributed by atoms with Crippen molar-refractivity contribution in [1.82, 2.24) is 14.3 Å². The Kier molecular flexibility index (Phi) is 4.99. The van der Waals surface area contributed by atoms with Crippen molar-refractivity contribution < 1.29 is 14.4 Å². The molecule has 1 aromatic carbocycles. The summed E-state index contributed by atoms with van der Waals surface area (Å²) in [7, 11) is 4.07. The molecule has 144 valence electrons. The van der Waals surface area contributed by atoms with E-state index in [0.29, 0.717) is 40.1 Å². The van der Waals surface area contributed by atoms with Crippen LogP contribution in [-0.2, 0) is 0 Å². The number of fused-ring (bicyclic) bond motifs is 2. The maximum Gasteiger partial charge on any atom is 0.155 e. The monoisotopic (exact) mass is 378 g/mol. The summed E-state index contributed by atoms with van der Waals surface area (Å²) in [6, 6.07) is 13.1. The first-order valence-corrected chi connectivity index (χ1v) is 9.11. The third-order valence-electron chi connectivity index (χ3n) is 4.51. The molecule has 0 aliphatic rings. The molecule has 3 aromatic heterocycles. The van der Waals surface area contributed by atoms with Crippen molar-refractivity contribution in [3.05, 3.63) is 60.3 Å². The molecule has 0 atom stereocenters. The topological polar surface area (TPSA) is 75.5 Å². The largest absolute Gasteiger partial charge is 0.494 e. The average molecular weight is 378 g/mol. The summed E-state index contributed by atoms with van der Waals surface area (Å²) in [5.41, 5.74) is 2.27. The van der Waals surface area contributed by atoms with Crippen LogP contribution in [0.5, 0.6) is 5.75 Å². The summed E-state index contributed by atoms with van der Waals surface area (Å²) in [4.78, 5) is 6.55. The average Bonchev–Trinajstić information content (AvgIpc) is 3.18. The van der Waals surface area contributed by atoms with Gasteiger partial charge in [0.05, 0.1) is 18.3 Å². The van der Waals surface area contributed by atoms with Crippen LogP contribution in [0.25, 0.3) is 27.9 Å². The number of benzene rings is 1. The molecule has 28 heavy (non-hydrogen) atoms. The molecule has 0 saturated heterocycles. The predicted octanol–water partition coefficient (Wildman–Crippen LogP) is 3.37. The Bertz CT molecular complexity index is 1180. The molecule has 0 aliphatic heterocycles. The van der Waals surface area contributed by atoms with Gasteiger partial charge < -0.3 is 23.7 Å². The van der Waals surface area contributed by atoms with E-state index in [1.807, 2.05) is 61.1 Å². The van der Waals surface area contributed by atoms with Crippen molar-refractivity contribution in [2.75, 3.05) is 27.2 Å². The Balaban J connectivity index is 1.67. The third kappa shape index (κ3) is 3.70. The van der Waals surface area contributed by atoms with Crippen molar-refractivity contribution in [1.29, 1.82) is 0 Å². The van der Waals surface area contributed by atoms with Crippen LogP contribution in [0.1, 0.15) is 6.42 Å². The van der Waals surface area contributed by atoms with Crippen LogP contribution in [0.2, 0.25) is 0 Å². The minimum atomic E-state index is 0.409. The Morgan fingerprint density at radius 2 is 2.11 bits per heavy atom. The highest BCUT2D eigenvalue weighted by Crippen LogP contribution is 2.24. The molecule has 0 spiro atoms. The van der Waals surface area contributed by atoms with Gasteiger partial charge in [-0.25, -0.2) is 4.98 Å². The zero-order valence-corrected chi connectivity index (χ0v) is 15.9. The predicted molar refractivity (Wildman–Crippen MR) is 106 cm³/mol. The molecule has 0 unspecified atom stereocenters. The van der Waals surface area contributed by atoms with Crippen LogP contribution >= 0.6 is 0 Å². The Morgan fingerprint density at radius 1 is 1.21 bits per heavy atom. The molecule has 1 N–H and O–H groups in total. The first-order valence-electron chi connectivity index (χ1n) is 9.11. The highest BCUT2D eigenvalue weighted by Gasteiger charge is 2.10. The van der Waals surface area contributed by atoms with Gasteiger partial charge in [-0.15, -0.1) is 0 Å². The highest BCUT2D eigenvalue weighted by atomic mass is 16.5. The summed E-state index contributed by atoms with van der Waals surface area (Å²) in [6.45, 7) is 1.58. The number of aromatic nitrogens is 2. The fourth-order valence-corrected chi connectivity index (χ4v) is 3.09. The fraction of sp³-hybridized carbons (Fsp3) is 0.238. The normalized spacial score (nSPS) is 12.3. The lowest BCUT2D eigenvalue weighted by atomic mass is 10.2. The van der Waals surface area contributed by atoms with Crippen LogP contribution in [0, 0.1) is 0 Å². The molecule has 0 amide bonds. The second-order valence-electron chi connectivity index (χ2n) is 6.87. The fourth-order valence-electron chi connectivity index (χ4n) is 3.09. The van der Waals surface area contributed by atoms with Crippen LogP contribution in [0.15, 0.2) is 64.6 Å². The molecule has 4 rings (SSSR count). The molecule has 0 radical (unpaired) electrons. The van der Waals surface area contributed by atoms with E-state index in [4.69, 9.17) is 9.15 Å². The van der Waals surface area contributed by atoms with Crippen molar-refractivity contribution >= 4 is 16.5 Å². The third-order valence-corrected chi connectivity index (χ3v) is 4.51. The molecule has 0 saturated carbocycles. The number of nitrogens with zero attached hydrogens (tertiary/aromatic N) is 4. The molecule has 0 aliphatic carbocycles. The molecule has 0 fully saturated rings. The minimum Gasteiger partial charge on any atom is -0.494 e. The summed E-state index contributed by atoms with van der Waals surface area (Å²) in [5, 5.41) is 14.1. The quantitative estimate of drug-likeness (QED) is 0.316. The second kappa shape index (κ2) is 7.74. The number of hydrogen-bond acceptors (Lipinski definition) is 6. The first kappa shape index (κ1) is 18.1. The zero-order chi connectivity index (χ0) is 19.5. The smallest absolute Gasteiger partial charge is 0.155 e. The standard InChI is InChI=1S/C21H22N4O3/c1-24(2)8-4-10-27-16-6-7-20-17(12-16)18(23-26)13-21(28-20)19-11-15-5-3-9-25(15)14-22-19/h3,5-7,9,11-14,26H,4,8,10H2,1-2H3. The Morgan fingerprint density at radius 3 is 2.93 bits per heavy atom. The van der Waals surface area contributed by atoms with E-state index in [9.17, 15) is 5.21 Å². The first-order chi connectivity index (χ1) is 13.6. The van der Waals surface area contributed by atoms with E-state index < -0.39 is 0 Å². The van der Waals surface area contributed by atoms with Crippen LogP contribution < -0.4 is 10.1 Å². The van der Waals surface area contributed by atoms with Crippen LogP contribution in [-0.4, -0.2) is 46.7 Å². The summed E-state index contributed by atoms with van der Waals surface area (Å²) in [5.74, 6) is 1.25. The van der Waals surface area contributed by atoms with Crippen LogP contribution in [0.4, 0.5) is 0 Å². The van der Waals surface area contributed by atoms with E-state index in [2.05, 4.69) is 15.0 Å². The van der Waals surface area contributed by atoms with Gasteiger partial charge >= 0.3 is 0 Å². The van der Waals surface area contributed by atoms with Gasteiger partial charge in [-0.3, -0.25) is 0 Å². The number of rotatable bonds is 6. The van der Waals surface area contributed by atoms with E-state index in [-0.39, 0.29) is 0 Å². The highest BCUT2D eigenvalue weighted by molar-refractivity contribution is 5.80. The van der Waals surface area contributed by atoms with Crippen molar-refractivity contribution in [2.24, 2.45) is 5.16 Å². The lowest BCUT2D eigenvalue weighted by Gasteiger charge is -2.11. The second-order valence-corrected chi connectivity index (χ2v) is 6.87. The molecule has 4 aromatic rings. The molecule has 0 bridgehead atoms. The van der Waals surface area contributed by atoms with Crippen molar-refractivity contribution in [3.63, 3.8) is 0 Å². The SMILES string of the molecule is CN(C)CCCOc1ccc2oc(-c3cc4cccn4cn3)cc(=NO)c2c1. The molecule has 7 heteroatoms. The molecule has 7 nitrogen and oxygen atoms in total. The van der Waals surface area contributed by atoms with E-state index in [0.717, 1.165) is 18.5 Å². The molecular weight excluding hydrogens is 356 g/mol.